The lowest BCUT2D eigenvalue weighted by atomic mass is 10.1. The van der Waals surface area contributed by atoms with Gasteiger partial charge in [0, 0.05) is 19.2 Å². The Balaban J connectivity index is 1.80. The van der Waals surface area contributed by atoms with E-state index < -0.39 is 16.1 Å². The van der Waals surface area contributed by atoms with Crippen LogP contribution in [-0.2, 0) is 16.4 Å². The van der Waals surface area contributed by atoms with Gasteiger partial charge in [0.05, 0.1) is 18.9 Å². The highest BCUT2D eigenvalue weighted by Gasteiger charge is 2.23. The van der Waals surface area contributed by atoms with E-state index in [-0.39, 0.29) is 23.9 Å². The largest absolute Gasteiger partial charge is 0.394 e. The fraction of sp³-hybridized carbons (Fsp3) is 0.474. The van der Waals surface area contributed by atoms with Crippen molar-refractivity contribution in [1.82, 2.24) is 10.3 Å². The standard InChI is InChI=1S/C19H26N4O4S2/c1-23(29(2,26)27)18-9-15(8-17(22-18)20-10-13-3-4-13)19(25)21-16(11-24)7-14-5-6-28-12-14/h5-6,8-9,12-13,16,24H,3-4,7,10-11H2,1-2H3,(H,20,22)(H,21,25)/t16-/m0/s1. The zero-order valence-electron chi connectivity index (χ0n) is 16.5. The van der Waals surface area contributed by atoms with E-state index in [9.17, 15) is 18.3 Å². The van der Waals surface area contributed by atoms with Crippen molar-refractivity contribution in [3.05, 3.63) is 40.1 Å². The maximum absolute atomic E-state index is 12.8. The average molecular weight is 439 g/mol. The molecule has 0 unspecified atom stereocenters. The van der Waals surface area contributed by atoms with Gasteiger partial charge in [-0.2, -0.15) is 11.3 Å². The summed E-state index contributed by atoms with van der Waals surface area (Å²) in [5.74, 6) is 0.819. The van der Waals surface area contributed by atoms with E-state index >= 15 is 0 Å². The van der Waals surface area contributed by atoms with E-state index in [1.165, 1.54) is 13.1 Å². The zero-order chi connectivity index (χ0) is 21.0. The SMILES string of the molecule is CN(c1cc(C(=O)N[C@H](CO)Cc2ccsc2)cc(NCC2CC2)n1)S(C)(=O)=O. The van der Waals surface area contributed by atoms with Gasteiger partial charge in [-0.05, 0) is 59.7 Å². The first kappa shape index (κ1) is 21.5. The molecule has 0 spiro atoms. The number of nitrogens with zero attached hydrogens (tertiary/aromatic N) is 2. The van der Waals surface area contributed by atoms with Gasteiger partial charge < -0.3 is 15.7 Å². The third kappa shape index (κ3) is 6.15. The highest BCUT2D eigenvalue weighted by Crippen LogP contribution is 2.29. The van der Waals surface area contributed by atoms with Crippen LogP contribution in [0.3, 0.4) is 0 Å². The predicted molar refractivity (Wildman–Crippen MR) is 115 cm³/mol. The summed E-state index contributed by atoms with van der Waals surface area (Å²) in [7, 11) is -2.12. The molecule has 3 N–H and O–H groups in total. The Kier molecular flexibility index (Phi) is 6.76. The topological polar surface area (TPSA) is 112 Å². The van der Waals surface area contributed by atoms with Crippen molar-refractivity contribution in [1.29, 1.82) is 0 Å². The van der Waals surface area contributed by atoms with Crippen LogP contribution in [0.1, 0.15) is 28.8 Å². The van der Waals surface area contributed by atoms with Gasteiger partial charge in [0.15, 0.2) is 0 Å². The molecular weight excluding hydrogens is 412 g/mol. The third-order valence-electron chi connectivity index (χ3n) is 4.78. The molecule has 158 valence electrons. The summed E-state index contributed by atoms with van der Waals surface area (Å²) in [5, 5.41) is 19.6. The van der Waals surface area contributed by atoms with Crippen LogP contribution in [0, 0.1) is 5.92 Å². The number of aliphatic hydroxyl groups is 1. The van der Waals surface area contributed by atoms with Crippen LogP contribution in [0.25, 0.3) is 0 Å². The minimum absolute atomic E-state index is 0.164. The molecule has 1 aliphatic rings. The normalized spacial score (nSPS) is 15.0. The van der Waals surface area contributed by atoms with E-state index in [1.807, 2.05) is 16.8 Å². The Bertz CT molecular complexity index is 943. The number of hydrogen-bond donors (Lipinski definition) is 3. The quantitative estimate of drug-likeness (QED) is 0.521. The molecule has 0 radical (unpaired) electrons. The number of aliphatic hydroxyl groups excluding tert-OH is 1. The number of carbonyl (C=O) groups excluding carboxylic acids is 1. The van der Waals surface area contributed by atoms with Gasteiger partial charge in [0.2, 0.25) is 10.0 Å². The first-order valence-electron chi connectivity index (χ1n) is 9.39. The van der Waals surface area contributed by atoms with Crippen LogP contribution >= 0.6 is 11.3 Å². The number of carbonyl (C=O) groups is 1. The Hall–Kier alpha value is -2.17. The number of rotatable bonds is 10. The van der Waals surface area contributed by atoms with E-state index in [4.69, 9.17) is 0 Å². The molecule has 1 atom stereocenters. The van der Waals surface area contributed by atoms with Crippen molar-refractivity contribution in [3.8, 4) is 0 Å². The second-order valence-corrected chi connectivity index (χ2v) is 10.1. The van der Waals surface area contributed by atoms with Gasteiger partial charge in [-0.15, -0.1) is 0 Å². The zero-order valence-corrected chi connectivity index (χ0v) is 18.1. The van der Waals surface area contributed by atoms with Gasteiger partial charge in [-0.25, -0.2) is 13.4 Å². The van der Waals surface area contributed by atoms with Crippen LogP contribution in [-0.4, -0.2) is 56.9 Å². The van der Waals surface area contributed by atoms with Gasteiger partial charge >= 0.3 is 0 Å². The number of sulfonamides is 1. The maximum Gasteiger partial charge on any atom is 0.251 e. The number of pyridine rings is 1. The molecule has 29 heavy (non-hydrogen) atoms. The summed E-state index contributed by atoms with van der Waals surface area (Å²) < 4.78 is 24.9. The molecule has 10 heteroatoms. The molecule has 2 heterocycles. The molecule has 0 saturated heterocycles. The predicted octanol–water partition coefficient (Wildman–Crippen LogP) is 1.69. The van der Waals surface area contributed by atoms with Crippen molar-refractivity contribution < 1.29 is 18.3 Å². The Morgan fingerprint density at radius 2 is 2.17 bits per heavy atom. The Morgan fingerprint density at radius 1 is 1.41 bits per heavy atom. The highest BCUT2D eigenvalue weighted by atomic mass is 32.2. The lowest BCUT2D eigenvalue weighted by Gasteiger charge is -2.19. The molecule has 1 saturated carbocycles. The van der Waals surface area contributed by atoms with Crippen molar-refractivity contribution in [3.63, 3.8) is 0 Å². The number of hydrogen-bond acceptors (Lipinski definition) is 7. The first-order valence-corrected chi connectivity index (χ1v) is 12.2. The average Bonchev–Trinajstić information content (AvgIpc) is 3.38. The van der Waals surface area contributed by atoms with Crippen molar-refractivity contribution in [2.75, 3.05) is 36.1 Å². The lowest BCUT2D eigenvalue weighted by molar-refractivity contribution is 0.0916. The summed E-state index contributed by atoms with van der Waals surface area (Å²) in [6.07, 6.45) is 3.91. The second kappa shape index (κ2) is 9.10. The van der Waals surface area contributed by atoms with Crippen LogP contribution in [0.2, 0.25) is 0 Å². The minimum Gasteiger partial charge on any atom is -0.394 e. The number of thiophene rings is 1. The smallest absolute Gasteiger partial charge is 0.251 e. The van der Waals surface area contributed by atoms with Gasteiger partial charge in [-0.3, -0.25) is 9.10 Å². The first-order chi connectivity index (χ1) is 13.8. The van der Waals surface area contributed by atoms with E-state index in [0.29, 0.717) is 18.2 Å². The van der Waals surface area contributed by atoms with Gasteiger partial charge in [0.1, 0.15) is 11.6 Å². The number of anilines is 2. The summed E-state index contributed by atoms with van der Waals surface area (Å²) >= 11 is 1.56. The summed E-state index contributed by atoms with van der Waals surface area (Å²) in [6.45, 7) is 0.535. The van der Waals surface area contributed by atoms with Crippen LogP contribution in [0.5, 0.6) is 0 Å². The van der Waals surface area contributed by atoms with Crippen molar-refractivity contribution >= 4 is 38.9 Å². The molecule has 0 aliphatic heterocycles. The molecule has 0 bridgehead atoms. The molecule has 3 rings (SSSR count). The molecule has 1 fully saturated rings. The van der Waals surface area contributed by atoms with E-state index in [1.54, 1.807) is 17.4 Å². The number of aromatic nitrogens is 1. The lowest BCUT2D eigenvalue weighted by Crippen LogP contribution is -2.39. The summed E-state index contributed by atoms with van der Waals surface area (Å²) in [6, 6.07) is 4.56. The van der Waals surface area contributed by atoms with Crippen LogP contribution in [0.15, 0.2) is 29.0 Å². The fourth-order valence-corrected chi connectivity index (χ4v) is 3.88. The maximum atomic E-state index is 12.8. The van der Waals surface area contributed by atoms with E-state index in [2.05, 4.69) is 15.6 Å². The molecule has 8 nitrogen and oxygen atoms in total. The molecule has 2 aromatic heterocycles. The number of nitrogens with one attached hydrogen (secondary N) is 2. The fourth-order valence-electron chi connectivity index (χ4n) is 2.76. The second-order valence-electron chi connectivity index (χ2n) is 7.34. The molecule has 1 amide bonds. The van der Waals surface area contributed by atoms with Crippen molar-refractivity contribution in [2.24, 2.45) is 5.92 Å². The minimum atomic E-state index is -3.52. The summed E-state index contributed by atoms with van der Waals surface area (Å²) in [4.78, 5) is 17.2. The van der Waals surface area contributed by atoms with Gasteiger partial charge in [0.25, 0.3) is 5.91 Å². The van der Waals surface area contributed by atoms with E-state index in [0.717, 1.165) is 35.5 Å². The molecular formula is C19H26N4O4S2. The third-order valence-corrected chi connectivity index (χ3v) is 6.69. The highest BCUT2D eigenvalue weighted by molar-refractivity contribution is 7.92. The van der Waals surface area contributed by atoms with Gasteiger partial charge in [-0.1, -0.05) is 0 Å². The van der Waals surface area contributed by atoms with Crippen LogP contribution < -0.4 is 14.9 Å². The summed E-state index contributed by atoms with van der Waals surface area (Å²) in [5.41, 5.74) is 1.32. The molecule has 2 aromatic rings. The molecule has 0 aromatic carbocycles. The number of amides is 1. The molecule has 1 aliphatic carbocycles. The Morgan fingerprint density at radius 3 is 2.76 bits per heavy atom. The Labute approximate surface area is 175 Å². The monoisotopic (exact) mass is 438 g/mol. The van der Waals surface area contributed by atoms with Crippen molar-refractivity contribution in [2.45, 2.75) is 25.3 Å². The van der Waals surface area contributed by atoms with Crippen LogP contribution in [0.4, 0.5) is 11.6 Å².